The molecule has 8 aromatic rings. The van der Waals surface area contributed by atoms with Crippen molar-refractivity contribution < 1.29 is 4.74 Å². The van der Waals surface area contributed by atoms with Gasteiger partial charge in [-0.1, -0.05) is 161 Å². The summed E-state index contributed by atoms with van der Waals surface area (Å²) in [6.07, 6.45) is 0. The smallest absolute Gasteiger partial charge is 0.134 e. The molecule has 0 saturated carbocycles. The molecule has 0 unspecified atom stereocenters. The van der Waals surface area contributed by atoms with Crippen LogP contribution in [-0.2, 0) is 16.2 Å². The fourth-order valence-corrected chi connectivity index (χ4v) is 11.1. The summed E-state index contributed by atoms with van der Waals surface area (Å²) in [7, 11) is 0. The van der Waals surface area contributed by atoms with Crippen LogP contribution in [0.3, 0.4) is 0 Å². The normalized spacial score (nSPS) is 15.9. The molecule has 57 heavy (non-hydrogen) atoms. The fourth-order valence-electron chi connectivity index (χ4n) is 11.1. The first kappa shape index (κ1) is 32.6. The van der Waals surface area contributed by atoms with E-state index in [0.717, 1.165) is 28.6 Å². The lowest BCUT2D eigenvalue weighted by molar-refractivity contribution is 0.436. The maximum atomic E-state index is 7.03. The van der Waals surface area contributed by atoms with Gasteiger partial charge in [0.15, 0.2) is 0 Å². The molecule has 0 amide bonds. The first-order valence-corrected chi connectivity index (χ1v) is 20.2. The van der Waals surface area contributed by atoms with Crippen LogP contribution < -0.4 is 9.64 Å². The number of fused-ring (bicyclic) bond motifs is 15. The van der Waals surface area contributed by atoms with E-state index >= 15 is 0 Å². The Labute approximate surface area is 334 Å². The number of hydrogen-bond donors (Lipinski definition) is 0. The Morgan fingerprint density at radius 3 is 1.21 bits per heavy atom. The number of para-hydroxylation sites is 1. The van der Waals surface area contributed by atoms with Crippen molar-refractivity contribution in [1.29, 1.82) is 0 Å². The lowest BCUT2D eigenvalue weighted by atomic mass is 9.66. The van der Waals surface area contributed by atoms with Crippen LogP contribution in [0.4, 0.5) is 17.1 Å². The van der Waals surface area contributed by atoms with E-state index in [1.54, 1.807) is 0 Å². The molecule has 0 bridgehead atoms. The summed E-state index contributed by atoms with van der Waals surface area (Å²) >= 11 is 0. The summed E-state index contributed by atoms with van der Waals surface area (Å²) < 4.78 is 7.03. The van der Waals surface area contributed by atoms with Crippen molar-refractivity contribution in [2.45, 2.75) is 43.9 Å². The number of benzene rings is 8. The van der Waals surface area contributed by atoms with E-state index in [0.29, 0.717) is 0 Å². The van der Waals surface area contributed by atoms with Crippen molar-refractivity contribution in [3.8, 4) is 44.9 Å². The zero-order chi connectivity index (χ0) is 38.3. The zero-order valence-corrected chi connectivity index (χ0v) is 32.6. The Kier molecular flexibility index (Phi) is 6.42. The molecule has 8 aromatic carbocycles. The van der Waals surface area contributed by atoms with Gasteiger partial charge < -0.3 is 9.64 Å². The summed E-state index contributed by atoms with van der Waals surface area (Å²) in [6.45, 7) is 9.45. The van der Waals surface area contributed by atoms with E-state index in [-0.39, 0.29) is 10.8 Å². The van der Waals surface area contributed by atoms with Crippen molar-refractivity contribution >= 4 is 17.1 Å². The van der Waals surface area contributed by atoms with Crippen molar-refractivity contribution in [3.05, 3.63) is 220 Å². The van der Waals surface area contributed by atoms with Gasteiger partial charge in [0.1, 0.15) is 11.5 Å². The maximum absolute atomic E-state index is 7.03. The highest BCUT2D eigenvalue weighted by Crippen LogP contribution is 2.63. The number of ether oxygens (including phenoxy) is 1. The highest BCUT2D eigenvalue weighted by Gasteiger charge is 2.51. The van der Waals surface area contributed by atoms with Gasteiger partial charge in [0.2, 0.25) is 0 Å². The molecule has 0 saturated heterocycles. The molecule has 1 aliphatic heterocycles. The zero-order valence-electron chi connectivity index (χ0n) is 32.6. The molecule has 3 aliphatic carbocycles. The predicted octanol–water partition coefficient (Wildman–Crippen LogP) is 14.2. The van der Waals surface area contributed by atoms with Gasteiger partial charge in [-0.15, -0.1) is 0 Å². The highest BCUT2D eigenvalue weighted by atomic mass is 16.5. The first-order chi connectivity index (χ1) is 27.8. The third kappa shape index (κ3) is 4.15. The number of rotatable bonds is 3. The average molecular weight is 732 g/mol. The number of hydrogen-bond acceptors (Lipinski definition) is 2. The molecular formula is C55H41NO. The molecule has 0 radical (unpaired) electrons. The molecule has 0 N–H and O–H groups in total. The average Bonchev–Trinajstić information content (AvgIpc) is 3.76. The van der Waals surface area contributed by atoms with Crippen LogP contribution in [0.25, 0.3) is 33.4 Å². The molecule has 4 aliphatic rings. The summed E-state index contributed by atoms with van der Waals surface area (Å²) in [4.78, 5) is 2.45. The Balaban J connectivity index is 1.09. The molecule has 0 atom stereocenters. The molecule has 2 heteroatoms. The second-order valence-electron chi connectivity index (χ2n) is 17.3. The molecular weight excluding hydrogens is 691 g/mol. The molecule has 12 rings (SSSR count). The highest BCUT2D eigenvalue weighted by molar-refractivity contribution is 5.91. The van der Waals surface area contributed by atoms with Crippen LogP contribution >= 0.6 is 0 Å². The van der Waals surface area contributed by atoms with Gasteiger partial charge in [0.25, 0.3) is 0 Å². The largest absolute Gasteiger partial charge is 0.457 e. The maximum Gasteiger partial charge on any atom is 0.134 e. The summed E-state index contributed by atoms with van der Waals surface area (Å²) in [5.41, 5.74) is 20.8. The van der Waals surface area contributed by atoms with E-state index in [1.807, 2.05) is 0 Å². The van der Waals surface area contributed by atoms with Gasteiger partial charge in [-0.25, -0.2) is 0 Å². The van der Waals surface area contributed by atoms with Gasteiger partial charge in [-0.05, 0) is 103 Å². The third-order valence-electron chi connectivity index (χ3n) is 13.7. The van der Waals surface area contributed by atoms with E-state index in [4.69, 9.17) is 4.74 Å². The Hall–Kier alpha value is -6.64. The fraction of sp³-hybridized carbons (Fsp3) is 0.127. The SMILES string of the molecule is CC1(C)c2ccccc2-c2ccc(N(c3ccc4c(c3)Oc3ccccc3C43c4ccccc4-c4ccccc43)c3ccc4c(c3)C(C)(C)c3ccccc3-4)cc21. The van der Waals surface area contributed by atoms with Gasteiger partial charge >= 0.3 is 0 Å². The van der Waals surface area contributed by atoms with Crippen LogP contribution in [0.5, 0.6) is 11.5 Å². The molecule has 272 valence electrons. The van der Waals surface area contributed by atoms with E-state index in [2.05, 4.69) is 209 Å². The van der Waals surface area contributed by atoms with E-state index < -0.39 is 5.41 Å². The van der Waals surface area contributed by atoms with E-state index in [9.17, 15) is 0 Å². The van der Waals surface area contributed by atoms with E-state index in [1.165, 1.54) is 77.9 Å². The minimum absolute atomic E-state index is 0.131. The van der Waals surface area contributed by atoms with Gasteiger partial charge in [0.05, 0.1) is 5.41 Å². The van der Waals surface area contributed by atoms with Gasteiger partial charge in [0, 0.05) is 45.1 Å². The van der Waals surface area contributed by atoms with Crippen LogP contribution in [0, 0.1) is 0 Å². The third-order valence-corrected chi connectivity index (χ3v) is 13.7. The predicted molar refractivity (Wildman–Crippen MR) is 234 cm³/mol. The second-order valence-corrected chi connectivity index (χ2v) is 17.3. The molecule has 2 nitrogen and oxygen atoms in total. The first-order valence-electron chi connectivity index (χ1n) is 20.2. The summed E-state index contributed by atoms with van der Waals surface area (Å²) in [5.74, 6) is 1.78. The quantitative estimate of drug-likeness (QED) is 0.179. The van der Waals surface area contributed by atoms with Gasteiger partial charge in [-0.3, -0.25) is 0 Å². The van der Waals surface area contributed by atoms with Crippen LogP contribution in [-0.4, -0.2) is 0 Å². The Morgan fingerprint density at radius 2 is 0.684 bits per heavy atom. The van der Waals surface area contributed by atoms with Crippen LogP contribution in [0.2, 0.25) is 0 Å². The minimum atomic E-state index is -0.506. The summed E-state index contributed by atoms with van der Waals surface area (Å²) in [5, 5.41) is 0. The Bertz CT molecular complexity index is 2870. The van der Waals surface area contributed by atoms with Crippen molar-refractivity contribution in [1.82, 2.24) is 0 Å². The molecule has 1 spiro atoms. The van der Waals surface area contributed by atoms with Crippen LogP contribution in [0.15, 0.2) is 176 Å². The van der Waals surface area contributed by atoms with Gasteiger partial charge in [-0.2, -0.15) is 0 Å². The van der Waals surface area contributed by atoms with Crippen LogP contribution in [0.1, 0.15) is 72.2 Å². The van der Waals surface area contributed by atoms with Crippen molar-refractivity contribution in [2.75, 3.05) is 4.90 Å². The molecule has 0 aromatic heterocycles. The lowest BCUT2D eigenvalue weighted by Gasteiger charge is -2.40. The summed E-state index contributed by atoms with van der Waals surface area (Å²) in [6, 6.07) is 65.4. The monoisotopic (exact) mass is 731 g/mol. The number of anilines is 3. The standard InChI is InChI=1S/C55H41NO/c1-53(2)43-19-9-5-15-37(43)41-28-25-34(31-49(41)53)56(35-26-29-42-38-16-6-10-20-44(38)54(3,4)50(42)32-35)36-27-30-48-52(33-36)57-51-24-14-13-23-47(51)55(48)45-21-11-7-17-39(45)40-18-8-12-22-46(40)55/h5-33H,1-4H3. The topological polar surface area (TPSA) is 12.5 Å². The Morgan fingerprint density at radius 1 is 0.316 bits per heavy atom. The second kappa shape index (κ2) is 11.2. The number of nitrogens with zero attached hydrogens (tertiary/aromatic N) is 1. The molecule has 1 heterocycles. The lowest BCUT2D eigenvalue weighted by Crippen LogP contribution is -2.32. The minimum Gasteiger partial charge on any atom is -0.457 e. The van der Waals surface area contributed by atoms with Crippen molar-refractivity contribution in [2.24, 2.45) is 0 Å². The van der Waals surface area contributed by atoms with Crippen molar-refractivity contribution in [3.63, 3.8) is 0 Å². The molecule has 0 fully saturated rings.